The molecule has 27 heavy (non-hydrogen) atoms. The Morgan fingerprint density at radius 1 is 1.26 bits per heavy atom. The number of piperidine rings is 1. The fourth-order valence-electron chi connectivity index (χ4n) is 4.43. The maximum atomic E-state index is 11.4. The van der Waals surface area contributed by atoms with E-state index in [1.165, 1.54) is 19.3 Å². The summed E-state index contributed by atoms with van der Waals surface area (Å²) < 4.78 is 5.34. The Bertz CT molecular complexity index is 618. The Morgan fingerprint density at radius 3 is 2.48 bits per heavy atom. The zero-order chi connectivity index (χ0) is 19.6. The number of aliphatic hydroxyl groups excluding tert-OH is 1. The second-order valence-corrected chi connectivity index (χ2v) is 8.67. The molecule has 0 bridgehead atoms. The largest absolute Gasteiger partial charge is 0.481 e. The van der Waals surface area contributed by atoms with Crippen molar-refractivity contribution < 1.29 is 19.5 Å². The number of carboxylic acids is 1. The third-order valence-electron chi connectivity index (χ3n) is 6.24. The van der Waals surface area contributed by atoms with E-state index < -0.39 is 11.9 Å². The van der Waals surface area contributed by atoms with Gasteiger partial charge in [0.25, 0.3) is 0 Å². The van der Waals surface area contributed by atoms with Crippen molar-refractivity contribution in [2.45, 2.75) is 52.0 Å². The Kier molecular flexibility index (Phi) is 6.42. The molecule has 2 saturated heterocycles. The zero-order valence-electron chi connectivity index (χ0n) is 16.7. The van der Waals surface area contributed by atoms with Crippen LogP contribution in [0.25, 0.3) is 0 Å². The summed E-state index contributed by atoms with van der Waals surface area (Å²) in [5.74, 6) is 1.11. The number of hydrogen-bond acceptors (Lipinski definition) is 6. The first kappa shape index (κ1) is 20.1. The van der Waals surface area contributed by atoms with Crippen molar-refractivity contribution in [1.82, 2.24) is 10.1 Å². The van der Waals surface area contributed by atoms with Crippen molar-refractivity contribution in [3.8, 4) is 0 Å². The van der Waals surface area contributed by atoms with E-state index in [0.29, 0.717) is 11.7 Å². The molecule has 3 heterocycles. The summed E-state index contributed by atoms with van der Waals surface area (Å²) in [6.07, 6.45) is 3.67. The molecule has 2 fully saturated rings. The smallest absolute Gasteiger partial charge is 0.314 e. The number of likely N-dealkylation sites (tertiary alicyclic amines) is 1. The number of hydrogen-bond donors (Lipinski definition) is 2. The highest BCUT2D eigenvalue weighted by Gasteiger charge is 2.34. The van der Waals surface area contributed by atoms with Gasteiger partial charge < -0.3 is 19.6 Å². The van der Waals surface area contributed by atoms with Gasteiger partial charge in [-0.1, -0.05) is 19.0 Å². The van der Waals surface area contributed by atoms with Gasteiger partial charge in [-0.25, -0.2) is 0 Å². The molecule has 1 aromatic rings. The van der Waals surface area contributed by atoms with E-state index in [1.54, 1.807) is 6.07 Å². The van der Waals surface area contributed by atoms with Crippen LogP contribution in [0.3, 0.4) is 0 Å². The van der Waals surface area contributed by atoms with Crippen LogP contribution in [0.5, 0.6) is 0 Å². The predicted octanol–water partition coefficient (Wildman–Crippen LogP) is 2.42. The van der Waals surface area contributed by atoms with Gasteiger partial charge in [0, 0.05) is 25.2 Å². The fourth-order valence-corrected chi connectivity index (χ4v) is 4.43. The van der Waals surface area contributed by atoms with Crippen LogP contribution >= 0.6 is 0 Å². The van der Waals surface area contributed by atoms with Gasteiger partial charge in [-0.05, 0) is 57.0 Å². The maximum absolute atomic E-state index is 11.4. The second kappa shape index (κ2) is 8.61. The van der Waals surface area contributed by atoms with Gasteiger partial charge in [-0.3, -0.25) is 9.69 Å². The lowest BCUT2D eigenvalue weighted by atomic mass is 9.83. The molecule has 7 heteroatoms. The minimum atomic E-state index is -0.865. The lowest BCUT2D eigenvalue weighted by Gasteiger charge is -2.42. The van der Waals surface area contributed by atoms with E-state index >= 15 is 0 Å². The lowest BCUT2D eigenvalue weighted by molar-refractivity contribution is -0.140. The quantitative estimate of drug-likeness (QED) is 0.717. The molecule has 2 aliphatic rings. The van der Waals surface area contributed by atoms with E-state index in [0.717, 1.165) is 37.9 Å². The molecule has 0 radical (unpaired) electrons. The summed E-state index contributed by atoms with van der Waals surface area (Å²) in [5, 5.41) is 22.8. The Morgan fingerprint density at radius 2 is 1.93 bits per heavy atom. The zero-order valence-corrected chi connectivity index (χ0v) is 16.7. The van der Waals surface area contributed by atoms with Crippen LogP contribution in [-0.2, 0) is 4.79 Å². The number of aromatic nitrogens is 1. The summed E-state index contributed by atoms with van der Waals surface area (Å²) in [7, 11) is 0. The molecular weight excluding hydrogens is 346 g/mol. The third-order valence-corrected chi connectivity index (χ3v) is 6.24. The van der Waals surface area contributed by atoms with Crippen LogP contribution in [0.1, 0.15) is 51.7 Å². The van der Waals surface area contributed by atoms with E-state index in [2.05, 4.69) is 21.9 Å². The summed E-state index contributed by atoms with van der Waals surface area (Å²) in [5.41, 5.74) is 0. The van der Waals surface area contributed by atoms with Crippen LogP contribution in [-0.4, -0.2) is 65.1 Å². The van der Waals surface area contributed by atoms with Crippen molar-refractivity contribution in [1.29, 1.82) is 0 Å². The molecule has 3 rings (SSSR count). The van der Waals surface area contributed by atoms with Crippen LogP contribution in [0, 0.1) is 17.8 Å². The maximum Gasteiger partial charge on any atom is 0.314 e. The lowest BCUT2D eigenvalue weighted by Crippen LogP contribution is -2.49. The topological polar surface area (TPSA) is 90.0 Å². The summed E-state index contributed by atoms with van der Waals surface area (Å²) >= 11 is 0. The molecule has 1 unspecified atom stereocenters. The van der Waals surface area contributed by atoms with Gasteiger partial charge in [0.15, 0.2) is 11.6 Å². The summed E-state index contributed by atoms with van der Waals surface area (Å²) in [4.78, 5) is 16.0. The number of nitrogens with zero attached hydrogens (tertiary/aromatic N) is 3. The minimum Gasteiger partial charge on any atom is -0.481 e. The molecular formula is C20H33N3O4. The molecule has 1 aromatic heterocycles. The van der Waals surface area contributed by atoms with Gasteiger partial charge in [0.05, 0.1) is 6.61 Å². The molecule has 0 spiro atoms. The number of carboxylic acid groups (broad SMARTS) is 1. The average Bonchev–Trinajstić information content (AvgIpc) is 3.05. The molecule has 152 valence electrons. The third kappa shape index (κ3) is 4.63. The first-order chi connectivity index (χ1) is 12.9. The first-order valence-corrected chi connectivity index (χ1v) is 10.2. The van der Waals surface area contributed by atoms with Crippen molar-refractivity contribution in [2.24, 2.45) is 17.8 Å². The molecule has 0 amide bonds. The molecule has 2 N–H and O–H groups in total. The Labute approximate surface area is 161 Å². The van der Waals surface area contributed by atoms with Gasteiger partial charge in [-0.2, -0.15) is 0 Å². The van der Waals surface area contributed by atoms with E-state index in [9.17, 15) is 15.0 Å². The van der Waals surface area contributed by atoms with E-state index in [4.69, 9.17) is 4.52 Å². The average molecular weight is 380 g/mol. The highest BCUT2D eigenvalue weighted by Crippen LogP contribution is 2.34. The number of carbonyl (C=O) groups is 1. The van der Waals surface area contributed by atoms with Crippen molar-refractivity contribution >= 4 is 11.8 Å². The Hall–Kier alpha value is -1.60. The van der Waals surface area contributed by atoms with Gasteiger partial charge in [0.2, 0.25) is 0 Å². The van der Waals surface area contributed by atoms with Gasteiger partial charge >= 0.3 is 5.97 Å². The van der Waals surface area contributed by atoms with Crippen LogP contribution < -0.4 is 4.90 Å². The molecule has 2 atom stereocenters. The highest BCUT2D eigenvalue weighted by molar-refractivity contribution is 5.75. The Balaban J connectivity index is 1.45. The summed E-state index contributed by atoms with van der Waals surface area (Å²) in [6, 6.07) is 2.07. The minimum absolute atomic E-state index is 0.0353. The molecule has 0 saturated carbocycles. The fraction of sp³-hybridized carbons (Fsp3) is 0.800. The highest BCUT2D eigenvalue weighted by atomic mass is 16.5. The van der Waals surface area contributed by atoms with Gasteiger partial charge in [0.1, 0.15) is 5.92 Å². The standard InChI is InChI=1S/C20H33N3O4/c1-13(2)19(20(25)26)17-9-18(21-27-17)23-10-16(11-23)8-15-4-6-22(7-5-15)14(3)12-24/h9,13-16,19,24H,4-8,10-12H2,1-3H3,(H,25,26)/t14-,19?/m0/s1. The van der Waals surface area contributed by atoms with Crippen molar-refractivity contribution in [3.05, 3.63) is 11.8 Å². The van der Waals surface area contributed by atoms with Gasteiger partial charge in [-0.15, -0.1) is 0 Å². The molecule has 0 aliphatic carbocycles. The summed E-state index contributed by atoms with van der Waals surface area (Å²) in [6.45, 7) is 10.2. The van der Waals surface area contributed by atoms with Crippen LogP contribution in [0.15, 0.2) is 10.6 Å². The second-order valence-electron chi connectivity index (χ2n) is 8.67. The SMILES string of the molecule is CC(C)C(C(=O)O)c1cc(N2CC(CC3CCN([C@@H](C)CO)CC3)C2)no1. The van der Waals surface area contributed by atoms with Crippen LogP contribution in [0.2, 0.25) is 0 Å². The van der Waals surface area contributed by atoms with E-state index in [1.807, 2.05) is 13.8 Å². The normalized spacial score (nSPS) is 22.0. The van der Waals surface area contributed by atoms with Crippen LogP contribution in [0.4, 0.5) is 5.82 Å². The number of rotatable bonds is 8. The van der Waals surface area contributed by atoms with Crippen molar-refractivity contribution in [2.75, 3.05) is 37.7 Å². The number of aliphatic carboxylic acids is 1. The number of anilines is 1. The monoisotopic (exact) mass is 379 g/mol. The molecule has 7 nitrogen and oxygen atoms in total. The molecule has 2 aliphatic heterocycles. The molecule has 0 aromatic carbocycles. The number of aliphatic hydroxyl groups is 1. The first-order valence-electron chi connectivity index (χ1n) is 10.2. The van der Waals surface area contributed by atoms with Crippen molar-refractivity contribution in [3.63, 3.8) is 0 Å². The van der Waals surface area contributed by atoms with E-state index in [-0.39, 0.29) is 18.6 Å². The predicted molar refractivity (Wildman–Crippen MR) is 103 cm³/mol.